The molecule has 0 heterocycles. The van der Waals surface area contributed by atoms with Crippen LogP contribution >= 0.6 is 0 Å². The Morgan fingerprint density at radius 1 is 1.38 bits per heavy atom. The number of nitrogens with two attached hydrogens (primary N) is 1. The molecule has 16 heavy (non-hydrogen) atoms. The lowest BCUT2D eigenvalue weighted by atomic mass is 9.77. The van der Waals surface area contributed by atoms with Crippen molar-refractivity contribution in [2.45, 2.75) is 38.0 Å². The van der Waals surface area contributed by atoms with Crippen LogP contribution < -0.4 is 5.73 Å². The van der Waals surface area contributed by atoms with Gasteiger partial charge in [-0.15, -0.1) is 0 Å². The van der Waals surface area contributed by atoms with Crippen molar-refractivity contribution in [3.05, 3.63) is 29.1 Å². The number of aryl methyl sites for hydroxylation is 1. The van der Waals surface area contributed by atoms with E-state index in [1.54, 1.807) is 13.0 Å². The van der Waals surface area contributed by atoms with E-state index in [0.29, 0.717) is 12.1 Å². The van der Waals surface area contributed by atoms with Gasteiger partial charge in [-0.2, -0.15) is 0 Å². The molecule has 1 aliphatic carbocycles. The topological polar surface area (TPSA) is 46.2 Å². The molecule has 0 amide bonds. The Morgan fingerprint density at radius 2 is 2.00 bits per heavy atom. The van der Waals surface area contributed by atoms with Crippen molar-refractivity contribution >= 4 is 0 Å². The molecule has 1 aromatic rings. The van der Waals surface area contributed by atoms with Gasteiger partial charge in [-0.25, -0.2) is 4.39 Å². The van der Waals surface area contributed by atoms with Crippen LogP contribution in [0.5, 0.6) is 5.75 Å². The zero-order valence-electron chi connectivity index (χ0n) is 9.59. The molecule has 0 saturated heterocycles. The first kappa shape index (κ1) is 11.4. The van der Waals surface area contributed by atoms with Crippen molar-refractivity contribution in [2.24, 2.45) is 5.73 Å². The maximum Gasteiger partial charge on any atom is 0.130 e. The second-order valence-corrected chi connectivity index (χ2v) is 4.78. The molecular formula is C13H18FNO. The SMILES string of the molecule is Cc1ccc(F)c(C2(CN)CCCC2)c1O. The lowest BCUT2D eigenvalue weighted by Gasteiger charge is -2.29. The smallest absolute Gasteiger partial charge is 0.130 e. The van der Waals surface area contributed by atoms with Crippen molar-refractivity contribution in [3.63, 3.8) is 0 Å². The van der Waals surface area contributed by atoms with E-state index < -0.39 is 0 Å². The summed E-state index contributed by atoms with van der Waals surface area (Å²) in [7, 11) is 0. The van der Waals surface area contributed by atoms with E-state index >= 15 is 0 Å². The van der Waals surface area contributed by atoms with Crippen LogP contribution in [0.25, 0.3) is 0 Å². The van der Waals surface area contributed by atoms with Gasteiger partial charge in [0.1, 0.15) is 11.6 Å². The first-order valence-corrected chi connectivity index (χ1v) is 5.79. The van der Waals surface area contributed by atoms with E-state index in [9.17, 15) is 9.50 Å². The van der Waals surface area contributed by atoms with Gasteiger partial charge in [0.2, 0.25) is 0 Å². The summed E-state index contributed by atoms with van der Waals surface area (Å²) in [5, 5.41) is 10.0. The molecule has 0 aromatic heterocycles. The Balaban J connectivity index is 2.57. The Morgan fingerprint density at radius 3 is 2.56 bits per heavy atom. The summed E-state index contributed by atoms with van der Waals surface area (Å²) in [5.74, 6) is -0.234. The van der Waals surface area contributed by atoms with Crippen molar-refractivity contribution in [2.75, 3.05) is 6.54 Å². The highest BCUT2D eigenvalue weighted by atomic mass is 19.1. The number of aromatic hydroxyl groups is 1. The van der Waals surface area contributed by atoms with Gasteiger partial charge in [0, 0.05) is 17.5 Å². The van der Waals surface area contributed by atoms with E-state index in [2.05, 4.69) is 0 Å². The number of benzene rings is 1. The molecule has 3 N–H and O–H groups in total. The van der Waals surface area contributed by atoms with Crippen LogP contribution in [0.15, 0.2) is 12.1 Å². The van der Waals surface area contributed by atoms with E-state index in [1.165, 1.54) is 6.07 Å². The minimum Gasteiger partial charge on any atom is -0.507 e. The molecule has 0 aliphatic heterocycles. The molecule has 3 heteroatoms. The molecule has 0 unspecified atom stereocenters. The fourth-order valence-electron chi connectivity index (χ4n) is 2.78. The van der Waals surface area contributed by atoms with Crippen LogP contribution in [0.4, 0.5) is 4.39 Å². The third-order valence-electron chi connectivity index (χ3n) is 3.81. The molecule has 0 atom stereocenters. The first-order chi connectivity index (χ1) is 7.60. The van der Waals surface area contributed by atoms with Crippen molar-refractivity contribution < 1.29 is 9.50 Å². The van der Waals surface area contributed by atoms with Gasteiger partial charge in [-0.3, -0.25) is 0 Å². The fraction of sp³-hybridized carbons (Fsp3) is 0.538. The van der Waals surface area contributed by atoms with Crippen LogP contribution in [0.2, 0.25) is 0 Å². The quantitative estimate of drug-likeness (QED) is 0.809. The zero-order valence-corrected chi connectivity index (χ0v) is 9.59. The van der Waals surface area contributed by atoms with Crippen LogP contribution in [0.1, 0.15) is 36.8 Å². The average molecular weight is 223 g/mol. The maximum absolute atomic E-state index is 13.9. The molecule has 1 aliphatic rings. The average Bonchev–Trinajstić information content (AvgIpc) is 2.74. The van der Waals surface area contributed by atoms with Crippen molar-refractivity contribution in [1.29, 1.82) is 0 Å². The summed E-state index contributed by atoms with van der Waals surface area (Å²) in [4.78, 5) is 0. The van der Waals surface area contributed by atoms with Gasteiger partial charge >= 0.3 is 0 Å². The van der Waals surface area contributed by atoms with Gasteiger partial charge in [0.25, 0.3) is 0 Å². The highest BCUT2D eigenvalue weighted by Gasteiger charge is 2.38. The highest BCUT2D eigenvalue weighted by Crippen LogP contribution is 2.45. The van der Waals surface area contributed by atoms with Crippen LogP contribution in [-0.4, -0.2) is 11.7 Å². The van der Waals surface area contributed by atoms with Crippen LogP contribution in [0, 0.1) is 12.7 Å². The summed E-state index contributed by atoms with van der Waals surface area (Å²) in [6, 6.07) is 3.04. The Hall–Kier alpha value is -1.09. The monoisotopic (exact) mass is 223 g/mol. The van der Waals surface area contributed by atoms with Crippen molar-refractivity contribution in [1.82, 2.24) is 0 Å². The molecule has 2 rings (SSSR count). The van der Waals surface area contributed by atoms with Crippen LogP contribution in [0.3, 0.4) is 0 Å². The molecule has 0 radical (unpaired) electrons. The van der Waals surface area contributed by atoms with Gasteiger partial charge in [-0.1, -0.05) is 18.9 Å². The predicted octanol–water partition coefficient (Wildman–Crippen LogP) is 2.61. The van der Waals surface area contributed by atoms with E-state index in [-0.39, 0.29) is 17.0 Å². The molecule has 1 fully saturated rings. The number of hydrogen-bond acceptors (Lipinski definition) is 2. The third kappa shape index (κ3) is 1.59. The first-order valence-electron chi connectivity index (χ1n) is 5.79. The maximum atomic E-state index is 13.9. The lowest BCUT2D eigenvalue weighted by molar-refractivity contribution is 0.383. The summed E-state index contributed by atoms with van der Waals surface area (Å²) in [6.45, 7) is 2.19. The second kappa shape index (κ2) is 4.06. The molecule has 0 spiro atoms. The molecule has 88 valence electrons. The minimum atomic E-state index is -0.347. The van der Waals surface area contributed by atoms with E-state index in [1.807, 2.05) is 0 Å². The van der Waals surface area contributed by atoms with Gasteiger partial charge in [-0.05, 0) is 31.4 Å². The summed E-state index contributed by atoms with van der Waals surface area (Å²) >= 11 is 0. The molecule has 1 aromatic carbocycles. The summed E-state index contributed by atoms with van der Waals surface area (Å²) in [6.07, 6.45) is 3.86. The number of hydrogen-bond donors (Lipinski definition) is 2. The van der Waals surface area contributed by atoms with Gasteiger partial charge in [0.15, 0.2) is 0 Å². The highest BCUT2D eigenvalue weighted by molar-refractivity contribution is 5.46. The Bertz CT molecular complexity index is 397. The van der Waals surface area contributed by atoms with Gasteiger partial charge in [0.05, 0.1) is 0 Å². The number of phenols is 1. The zero-order chi connectivity index (χ0) is 11.8. The molecule has 0 bridgehead atoms. The Labute approximate surface area is 95.3 Å². The fourth-order valence-corrected chi connectivity index (χ4v) is 2.78. The standard InChI is InChI=1S/C13H18FNO/c1-9-4-5-10(14)11(12(9)16)13(8-15)6-2-3-7-13/h4-5,16H,2-3,6-8,15H2,1H3. The summed E-state index contributed by atoms with van der Waals surface area (Å²) < 4.78 is 13.9. The van der Waals surface area contributed by atoms with E-state index in [0.717, 1.165) is 31.2 Å². The van der Waals surface area contributed by atoms with E-state index in [4.69, 9.17) is 5.73 Å². The largest absolute Gasteiger partial charge is 0.507 e. The van der Waals surface area contributed by atoms with Crippen LogP contribution in [-0.2, 0) is 5.41 Å². The third-order valence-corrected chi connectivity index (χ3v) is 3.81. The second-order valence-electron chi connectivity index (χ2n) is 4.78. The minimum absolute atomic E-state index is 0.0901. The lowest BCUT2D eigenvalue weighted by Crippen LogP contribution is -2.33. The number of halogens is 1. The molecule has 2 nitrogen and oxygen atoms in total. The number of phenolic OH excluding ortho intramolecular Hbond substituents is 1. The predicted molar refractivity (Wildman–Crippen MR) is 62.0 cm³/mol. The van der Waals surface area contributed by atoms with Crippen molar-refractivity contribution in [3.8, 4) is 5.75 Å². The normalized spacial score (nSPS) is 18.9. The van der Waals surface area contributed by atoms with Gasteiger partial charge < -0.3 is 10.8 Å². The number of rotatable bonds is 2. The summed E-state index contributed by atoms with van der Waals surface area (Å²) in [5.41, 5.74) is 6.62. The Kier molecular flexibility index (Phi) is 2.89. The molecule has 1 saturated carbocycles. The molecular weight excluding hydrogens is 205 g/mol.